The average molecular weight is 372 g/mol. The molecule has 1 N–H and O–H groups in total. The summed E-state index contributed by atoms with van der Waals surface area (Å²) in [5, 5.41) is 2.75. The molecule has 0 unspecified atom stereocenters. The van der Waals surface area contributed by atoms with Crippen LogP contribution in [0.5, 0.6) is 0 Å². The third-order valence-corrected chi connectivity index (χ3v) is 5.10. The highest BCUT2D eigenvalue weighted by Crippen LogP contribution is 2.25. The molecule has 0 aromatic heterocycles. The van der Waals surface area contributed by atoms with Crippen LogP contribution in [0.15, 0.2) is 47.4 Å². The van der Waals surface area contributed by atoms with Gasteiger partial charge in [-0.15, -0.1) is 11.8 Å². The number of fused-ring (bicyclic) bond motifs is 1. The van der Waals surface area contributed by atoms with Crippen molar-refractivity contribution in [3.05, 3.63) is 59.4 Å². The molecule has 0 bridgehead atoms. The summed E-state index contributed by atoms with van der Waals surface area (Å²) >= 11 is 1.56. The van der Waals surface area contributed by atoms with Crippen molar-refractivity contribution >= 4 is 35.2 Å². The molecule has 3 amide bonds. The summed E-state index contributed by atoms with van der Waals surface area (Å²) in [4.78, 5) is 37.9. The van der Waals surface area contributed by atoms with Crippen molar-refractivity contribution in [3.8, 4) is 0 Å². The predicted molar refractivity (Wildman–Crippen MR) is 97.9 cm³/mol. The first-order valence-electron chi connectivity index (χ1n) is 8.10. The van der Waals surface area contributed by atoms with Crippen molar-refractivity contribution in [1.29, 1.82) is 0 Å². The van der Waals surface area contributed by atoms with E-state index in [-0.39, 0.29) is 23.5 Å². The minimum atomic E-state index is -0.364. The second kappa shape index (κ2) is 7.70. The number of amides is 3. The van der Waals surface area contributed by atoms with E-state index in [1.54, 1.807) is 36.0 Å². The van der Waals surface area contributed by atoms with E-state index in [4.69, 9.17) is 0 Å². The second-order valence-electron chi connectivity index (χ2n) is 5.88. The van der Waals surface area contributed by atoms with E-state index >= 15 is 0 Å². The molecule has 1 aliphatic rings. The molecule has 3 rings (SSSR count). The maximum absolute atomic E-state index is 12.8. The summed E-state index contributed by atoms with van der Waals surface area (Å²) in [6.45, 7) is 0. The molecule has 1 heterocycles. The topological polar surface area (TPSA) is 66.5 Å². The number of rotatable bonds is 6. The Morgan fingerprint density at radius 1 is 1.08 bits per heavy atom. The molecule has 5 nitrogen and oxygen atoms in total. The number of carbonyl (C=O) groups is 3. The first kappa shape index (κ1) is 18.1. The monoisotopic (exact) mass is 372 g/mol. The largest absolute Gasteiger partial charge is 0.326 e. The zero-order valence-corrected chi connectivity index (χ0v) is 14.9. The molecule has 2 aromatic rings. The van der Waals surface area contributed by atoms with Gasteiger partial charge in [0.2, 0.25) is 5.91 Å². The number of hydrogen-bond donors (Lipinski definition) is 1. The maximum atomic E-state index is 12.8. The highest BCUT2D eigenvalue weighted by molar-refractivity contribution is 7.99. The molecule has 0 atom stereocenters. The van der Waals surface area contributed by atoms with Gasteiger partial charge in [-0.3, -0.25) is 19.3 Å². The van der Waals surface area contributed by atoms with Gasteiger partial charge in [-0.25, -0.2) is 4.39 Å². The summed E-state index contributed by atoms with van der Waals surface area (Å²) in [6.07, 6.45) is 0.997. The van der Waals surface area contributed by atoms with Gasteiger partial charge in [0.05, 0.1) is 11.1 Å². The Labute approximate surface area is 154 Å². The molecule has 134 valence electrons. The van der Waals surface area contributed by atoms with E-state index in [0.717, 1.165) is 15.5 Å². The van der Waals surface area contributed by atoms with Crippen molar-refractivity contribution in [1.82, 2.24) is 4.90 Å². The molecule has 0 aliphatic carbocycles. The molecule has 2 aromatic carbocycles. The van der Waals surface area contributed by atoms with Gasteiger partial charge < -0.3 is 5.32 Å². The van der Waals surface area contributed by atoms with Crippen LogP contribution >= 0.6 is 11.8 Å². The van der Waals surface area contributed by atoms with Gasteiger partial charge in [-0.05, 0) is 54.6 Å². The summed E-state index contributed by atoms with van der Waals surface area (Å²) in [5.41, 5.74) is 1.16. The third-order valence-electron chi connectivity index (χ3n) is 4.00. The highest BCUT2D eigenvalue weighted by atomic mass is 32.2. The number of hydrogen-bond acceptors (Lipinski definition) is 4. The number of anilines is 1. The summed E-state index contributed by atoms with van der Waals surface area (Å²) in [6, 6.07) is 10.9. The lowest BCUT2D eigenvalue weighted by atomic mass is 10.1. The summed E-state index contributed by atoms with van der Waals surface area (Å²) in [5.74, 6) is -0.386. The summed E-state index contributed by atoms with van der Waals surface area (Å²) in [7, 11) is 1.43. The van der Waals surface area contributed by atoms with Crippen molar-refractivity contribution in [2.24, 2.45) is 0 Å². The van der Waals surface area contributed by atoms with Crippen LogP contribution in [0.25, 0.3) is 0 Å². The Kier molecular flexibility index (Phi) is 5.37. The number of halogens is 1. The predicted octanol–water partition coefficient (Wildman–Crippen LogP) is 3.56. The fourth-order valence-corrected chi connectivity index (χ4v) is 3.47. The lowest BCUT2D eigenvalue weighted by molar-refractivity contribution is -0.116. The lowest BCUT2D eigenvalue weighted by Crippen LogP contribution is -2.24. The van der Waals surface area contributed by atoms with Crippen molar-refractivity contribution in [2.75, 3.05) is 18.1 Å². The molecule has 0 fully saturated rings. The van der Waals surface area contributed by atoms with Gasteiger partial charge in [0, 0.05) is 24.1 Å². The quantitative estimate of drug-likeness (QED) is 0.478. The number of nitrogens with one attached hydrogen (secondary N) is 1. The first-order valence-corrected chi connectivity index (χ1v) is 9.09. The van der Waals surface area contributed by atoms with Gasteiger partial charge in [0.15, 0.2) is 0 Å². The van der Waals surface area contributed by atoms with E-state index in [1.165, 1.54) is 25.2 Å². The van der Waals surface area contributed by atoms with Gasteiger partial charge in [0.25, 0.3) is 11.8 Å². The highest BCUT2D eigenvalue weighted by Gasteiger charge is 2.32. The molecule has 1 aliphatic heterocycles. The van der Waals surface area contributed by atoms with Gasteiger partial charge >= 0.3 is 0 Å². The molecular formula is C19H17FN2O3S. The Bertz CT molecular complexity index is 868. The van der Waals surface area contributed by atoms with E-state index in [0.29, 0.717) is 29.7 Å². The van der Waals surface area contributed by atoms with Crippen molar-refractivity contribution in [2.45, 2.75) is 17.7 Å². The maximum Gasteiger partial charge on any atom is 0.261 e. The zero-order chi connectivity index (χ0) is 18.7. The van der Waals surface area contributed by atoms with Crippen LogP contribution in [0, 0.1) is 5.82 Å². The SMILES string of the molecule is CN1C(=O)c2ccc(NC(=O)CCCSc3ccc(F)cc3)cc2C1=O. The van der Waals surface area contributed by atoms with Crippen LogP contribution in [0.1, 0.15) is 33.6 Å². The van der Waals surface area contributed by atoms with Gasteiger partial charge in [-0.2, -0.15) is 0 Å². The van der Waals surface area contributed by atoms with Crippen LogP contribution in [-0.4, -0.2) is 35.4 Å². The molecule has 0 spiro atoms. The number of benzene rings is 2. The van der Waals surface area contributed by atoms with E-state index in [1.807, 2.05) is 0 Å². The number of imide groups is 1. The minimum Gasteiger partial charge on any atom is -0.326 e. The number of nitrogens with zero attached hydrogens (tertiary/aromatic N) is 1. The van der Waals surface area contributed by atoms with Crippen molar-refractivity contribution < 1.29 is 18.8 Å². The van der Waals surface area contributed by atoms with Crippen molar-refractivity contribution in [3.63, 3.8) is 0 Å². The summed E-state index contributed by atoms with van der Waals surface area (Å²) < 4.78 is 12.8. The molecular weight excluding hydrogens is 355 g/mol. The molecule has 0 saturated carbocycles. The van der Waals surface area contributed by atoms with Crippen LogP contribution in [-0.2, 0) is 4.79 Å². The molecule has 7 heteroatoms. The second-order valence-corrected chi connectivity index (χ2v) is 7.05. The molecule has 26 heavy (non-hydrogen) atoms. The zero-order valence-electron chi connectivity index (χ0n) is 14.1. The molecule has 0 radical (unpaired) electrons. The molecule has 0 saturated heterocycles. The Morgan fingerprint density at radius 2 is 1.77 bits per heavy atom. The van der Waals surface area contributed by atoms with E-state index in [9.17, 15) is 18.8 Å². The van der Waals surface area contributed by atoms with E-state index in [2.05, 4.69) is 5.32 Å². The first-order chi connectivity index (χ1) is 12.5. The smallest absolute Gasteiger partial charge is 0.261 e. The van der Waals surface area contributed by atoms with Gasteiger partial charge in [0.1, 0.15) is 5.82 Å². The fraction of sp³-hybridized carbons (Fsp3) is 0.211. The average Bonchev–Trinajstić information content (AvgIpc) is 2.84. The van der Waals surface area contributed by atoms with Gasteiger partial charge in [-0.1, -0.05) is 0 Å². The Morgan fingerprint density at radius 3 is 2.50 bits per heavy atom. The van der Waals surface area contributed by atoms with Crippen LogP contribution in [0.3, 0.4) is 0 Å². The normalized spacial score (nSPS) is 13.1. The number of carbonyl (C=O) groups excluding carboxylic acids is 3. The fourth-order valence-electron chi connectivity index (χ4n) is 2.62. The van der Waals surface area contributed by atoms with E-state index < -0.39 is 0 Å². The van der Waals surface area contributed by atoms with Crippen LogP contribution < -0.4 is 5.32 Å². The number of thioether (sulfide) groups is 1. The van der Waals surface area contributed by atoms with Crippen LogP contribution in [0.4, 0.5) is 10.1 Å². The Hall–Kier alpha value is -2.67. The lowest BCUT2D eigenvalue weighted by Gasteiger charge is -2.06. The van der Waals surface area contributed by atoms with Crippen LogP contribution in [0.2, 0.25) is 0 Å². The minimum absolute atomic E-state index is 0.158. The third kappa shape index (κ3) is 3.94. The Balaban J connectivity index is 1.49. The standard InChI is InChI=1S/C19H17FN2O3S/c1-22-18(24)15-9-6-13(11-16(15)19(22)25)21-17(23)3-2-10-26-14-7-4-12(20)5-8-14/h4-9,11H,2-3,10H2,1H3,(H,21,23).